The molecule has 1 aromatic carbocycles. The SMILES string of the molecule is CC1(C)C(N)C1c1ccc(O)c(O)c1O. The van der Waals surface area contributed by atoms with Crippen molar-refractivity contribution in [2.24, 2.45) is 11.1 Å². The lowest BCUT2D eigenvalue weighted by atomic mass is 10.0. The van der Waals surface area contributed by atoms with Gasteiger partial charge in [-0.1, -0.05) is 19.9 Å². The summed E-state index contributed by atoms with van der Waals surface area (Å²) >= 11 is 0. The zero-order chi connectivity index (χ0) is 11.4. The Kier molecular flexibility index (Phi) is 1.88. The monoisotopic (exact) mass is 209 g/mol. The van der Waals surface area contributed by atoms with Crippen LogP contribution in [0.2, 0.25) is 0 Å². The predicted octanol–water partition coefficient (Wildman–Crippen LogP) is 1.25. The maximum Gasteiger partial charge on any atom is 0.200 e. The molecule has 2 unspecified atom stereocenters. The van der Waals surface area contributed by atoms with E-state index in [0.717, 1.165) is 0 Å². The second kappa shape index (κ2) is 2.79. The summed E-state index contributed by atoms with van der Waals surface area (Å²) in [6.07, 6.45) is 0. The first kappa shape index (κ1) is 10.1. The third-order valence-electron chi connectivity index (χ3n) is 3.41. The molecular formula is C11H15NO3. The maximum atomic E-state index is 9.67. The number of nitrogens with two attached hydrogens (primary N) is 1. The molecule has 0 heterocycles. The normalized spacial score (nSPS) is 27.7. The number of hydrogen-bond donors (Lipinski definition) is 4. The van der Waals surface area contributed by atoms with Gasteiger partial charge in [-0.25, -0.2) is 0 Å². The summed E-state index contributed by atoms with van der Waals surface area (Å²) < 4.78 is 0. The Hall–Kier alpha value is -1.42. The maximum absolute atomic E-state index is 9.67. The topological polar surface area (TPSA) is 86.7 Å². The van der Waals surface area contributed by atoms with Crippen LogP contribution in [0.1, 0.15) is 25.3 Å². The molecule has 1 fully saturated rings. The van der Waals surface area contributed by atoms with Gasteiger partial charge in [0, 0.05) is 17.5 Å². The van der Waals surface area contributed by atoms with Gasteiger partial charge in [0.15, 0.2) is 11.5 Å². The van der Waals surface area contributed by atoms with Crippen molar-refractivity contribution in [3.63, 3.8) is 0 Å². The van der Waals surface area contributed by atoms with E-state index in [4.69, 9.17) is 5.73 Å². The van der Waals surface area contributed by atoms with Crippen LogP contribution in [0.25, 0.3) is 0 Å². The van der Waals surface area contributed by atoms with E-state index in [0.29, 0.717) is 5.56 Å². The van der Waals surface area contributed by atoms with Crippen LogP contribution in [-0.2, 0) is 0 Å². The Balaban J connectivity index is 2.44. The van der Waals surface area contributed by atoms with Crippen LogP contribution < -0.4 is 5.73 Å². The minimum atomic E-state index is -0.470. The summed E-state index contributed by atoms with van der Waals surface area (Å²) in [5.74, 6) is -1.02. The van der Waals surface area contributed by atoms with E-state index < -0.39 is 5.75 Å². The van der Waals surface area contributed by atoms with Gasteiger partial charge in [-0.3, -0.25) is 0 Å². The van der Waals surface area contributed by atoms with Gasteiger partial charge in [0.05, 0.1) is 0 Å². The van der Waals surface area contributed by atoms with E-state index in [9.17, 15) is 15.3 Å². The van der Waals surface area contributed by atoms with Crippen molar-refractivity contribution >= 4 is 0 Å². The van der Waals surface area contributed by atoms with Crippen LogP contribution in [0.15, 0.2) is 12.1 Å². The molecule has 4 nitrogen and oxygen atoms in total. The second-order valence-corrected chi connectivity index (χ2v) is 4.70. The largest absolute Gasteiger partial charge is 0.504 e. The van der Waals surface area contributed by atoms with Crippen molar-refractivity contribution < 1.29 is 15.3 Å². The van der Waals surface area contributed by atoms with Crippen LogP contribution in [0.4, 0.5) is 0 Å². The molecule has 0 spiro atoms. The lowest BCUT2D eigenvalue weighted by molar-refractivity contribution is 0.364. The first-order valence-corrected chi connectivity index (χ1v) is 4.86. The second-order valence-electron chi connectivity index (χ2n) is 4.70. The van der Waals surface area contributed by atoms with Crippen LogP contribution in [-0.4, -0.2) is 21.4 Å². The molecule has 82 valence electrons. The molecule has 0 bridgehead atoms. The lowest BCUT2D eigenvalue weighted by Gasteiger charge is -2.08. The van der Waals surface area contributed by atoms with E-state index in [1.165, 1.54) is 6.07 Å². The van der Waals surface area contributed by atoms with Crippen molar-refractivity contribution in [3.05, 3.63) is 17.7 Å². The highest BCUT2D eigenvalue weighted by Crippen LogP contribution is 2.60. The van der Waals surface area contributed by atoms with E-state index in [1.807, 2.05) is 13.8 Å². The molecule has 2 atom stereocenters. The fraction of sp³-hybridized carbons (Fsp3) is 0.455. The first-order valence-electron chi connectivity index (χ1n) is 4.86. The summed E-state index contributed by atoms with van der Waals surface area (Å²) in [5.41, 5.74) is 6.41. The number of rotatable bonds is 1. The highest BCUT2D eigenvalue weighted by Gasteiger charge is 2.57. The Morgan fingerprint density at radius 1 is 1.13 bits per heavy atom. The van der Waals surface area contributed by atoms with Gasteiger partial charge >= 0.3 is 0 Å². The van der Waals surface area contributed by atoms with E-state index in [1.54, 1.807) is 6.07 Å². The molecule has 0 saturated heterocycles. The molecule has 4 heteroatoms. The number of hydrogen-bond acceptors (Lipinski definition) is 4. The van der Waals surface area contributed by atoms with Gasteiger partial charge in [-0.05, 0) is 11.5 Å². The first-order chi connectivity index (χ1) is 6.87. The molecule has 1 aliphatic rings. The Labute approximate surface area is 88.0 Å². The van der Waals surface area contributed by atoms with Gasteiger partial charge in [0.1, 0.15) is 0 Å². The summed E-state index contributed by atoms with van der Waals surface area (Å²) in [5, 5.41) is 28.2. The molecule has 0 radical (unpaired) electrons. The molecule has 0 aromatic heterocycles. The van der Waals surface area contributed by atoms with Crippen molar-refractivity contribution in [2.45, 2.75) is 25.8 Å². The zero-order valence-corrected chi connectivity index (χ0v) is 8.73. The molecule has 0 aliphatic heterocycles. The van der Waals surface area contributed by atoms with Crippen LogP contribution >= 0.6 is 0 Å². The Morgan fingerprint density at radius 3 is 2.13 bits per heavy atom. The predicted molar refractivity (Wildman–Crippen MR) is 55.9 cm³/mol. The fourth-order valence-corrected chi connectivity index (χ4v) is 2.11. The summed E-state index contributed by atoms with van der Waals surface area (Å²) in [7, 11) is 0. The average molecular weight is 209 g/mol. The smallest absolute Gasteiger partial charge is 0.200 e. The van der Waals surface area contributed by atoms with Gasteiger partial charge in [-0.2, -0.15) is 0 Å². The van der Waals surface area contributed by atoms with Gasteiger partial charge in [0.25, 0.3) is 0 Å². The van der Waals surface area contributed by atoms with Crippen LogP contribution in [0, 0.1) is 5.41 Å². The van der Waals surface area contributed by atoms with E-state index in [2.05, 4.69) is 0 Å². The Bertz CT molecular complexity index is 415. The van der Waals surface area contributed by atoms with Gasteiger partial charge in [-0.15, -0.1) is 0 Å². The van der Waals surface area contributed by atoms with E-state index >= 15 is 0 Å². The molecule has 5 N–H and O–H groups in total. The standard InChI is InChI=1S/C11H15NO3/c1-11(2)7(10(11)12)5-3-4-6(13)9(15)8(5)14/h3-4,7,10,13-15H,12H2,1-2H3. The summed E-state index contributed by atoms with van der Waals surface area (Å²) in [6.45, 7) is 4.01. The van der Waals surface area contributed by atoms with Gasteiger partial charge in [0.2, 0.25) is 5.75 Å². The molecular weight excluding hydrogens is 194 g/mol. The zero-order valence-electron chi connectivity index (χ0n) is 8.73. The number of phenolic OH excluding ortho intramolecular Hbond substituents is 3. The number of phenols is 3. The molecule has 2 rings (SSSR count). The quantitative estimate of drug-likeness (QED) is 0.524. The van der Waals surface area contributed by atoms with Crippen LogP contribution in [0.5, 0.6) is 17.2 Å². The number of benzene rings is 1. The van der Waals surface area contributed by atoms with Crippen molar-refractivity contribution in [2.75, 3.05) is 0 Å². The minimum absolute atomic E-state index is 0.0210. The average Bonchev–Trinajstić information content (AvgIpc) is 2.64. The van der Waals surface area contributed by atoms with Crippen molar-refractivity contribution in [3.8, 4) is 17.2 Å². The third-order valence-corrected chi connectivity index (χ3v) is 3.41. The van der Waals surface area contributed by atoms with Gasteiger partial charge < -0.3 is 21.1 Å². The molecule has 1 aromatic rings. The molecule has 15 heavy (non-hydrogen) atoms. The van der Waals surface area contributed by atoms with E-state index in [-0.39, 0.29) is 28.9 Å². The summed E-state index contributed by atoms with van der Waals surface area (Å²) in [4.78, 5) is 0. The molecule has 0 amide bonds. The minimum Gasteiger partial charge on any atom is -0.504 e. The fourth-order valence-electron chi connectivity index (χ4n) is 2.11. The highest BCUT2D eigenvalue weighted by atomic mass is 16.3. The summed E-state index contributed by atoms with van der Waals surface area (Å²) in [6, 6.07) is 2.95. The third kappa shape index (κ3) is 1.25. The Morgan fingerprint density at radius 2 is 1.67 bits per heavy atom. The molecule has 1 saturated carbocycles. The lowest BCUT2D eigenvalue weighted by Crippen LogP contribution is -2.06. The molecule has 1 aliphatic carbocycles. The van der Waals surface area contributed by atoms with Crippen LogP contribution in [0.3, 0.4) is 0 Å². The number of aromatic hydroxyl groups is 3. The van der Waals surface area contributed by atoms with Crippen molar-refractivity contribution in [1.29, 1.82) is 0 Å². The van der Waals surface area contributed by atoms with Crippen molar-refractivity contribution in [1.82, 2.24) is 0 Å². The highest BCUT2D eigenvalue weighted by molar-refractivity contribution is 5.56.